The van der Waals surface area contributed by atoms with Gasteiger partial charge >= 0.3 is 0 Å². The summed E-state index contributed by atoms with van der Waals surface area (Å²) in [7, 11) is 0. The molecule has 3 aromatic rings. The first kappa shape index (κ1) is 15.0. The number of pyridine rings is 1. The van der Waals surface area contributed by atoms with Gasteiger partial charge in [-0.25, -0.2) is 4.98 Å². The number of carbonyl (C=O) groups excluding carboxylic acids is 1. The Balaban J connectivity index is 1.53. The predicted molar refractivity (Wildman–Crippen MR) is 92.3 cm³/mol. The molecule has 0 radical (unpaired) electrons. The van der Waals surface area contributed by atoms with E-state index in [0.29, 0.717) is 23.9 Å². The second-order valence-corrected chi connectivity index (χ2v) is 6.25. The molecule has 0 unspecified atom stereocenters. The van der Waals surface area contributed by atoms with Crippen molar-refractivity contribution in [2.24, 2.45) is 0 Å². The van der Waals surface area contributed by atoms with E-state index in [0.717, 1.165) is 29.7 Å². The molecule has 0 bridgehead atoms. The smallest absolute Gasteiger partial charge is 0.289 e. The summed E-state index contributed by atoms with van der Waals surface area (Å²) in [6.07, 6.45) is 3.45. The van der Waals surface area contributed by atoms with Crippen molar-refractivity contribution in [2.45, 2.75) is 0 Å². The minimum absolute atomic E-state index is 0.0438. The van der Waals surface area contributed by atoms with Crippen LogP contribution < -0.4 is 9.88 Å². The van der Waals surface area contributed by atoms with Gasteiger partial charge < -0.3 is 14.2 Å². The Bertz CT molecular complexity index is 871. The van der Waals surface area contributed by atoms with Crippen LogP contribution in [0.1, 0.15) is 10.6 Å². The van der Waals surface area contributed by atoms with Crippen LogP contribution >= 0.6 is 11.6 Å². The van der Waals surface area contributed by atoms with Crippen molar-refractivity contribution >= 4 is 34.1 Å². The molecule has 5 nitrogen and oxygen atoms in total. The predicted octanol–water partition coefficient (Wildman–Crippen LogP) is 2.86. The summed E-state index contributed by atoms with van der Waals surface area (Å²) in [4.78, 5) is 19.7. The monoisotopic (exact) mass is 342 g/mol. The van der Waals surface area contributed by atoms with Gasteiger partial charge in [-0.05, 0) is 24.3 Å². The van der Waals surface area contributed by atoms with Crippen molar-refractivity contribution in [3.63, 3.8) is 0 Å². The van der Waals surface area contributed by atoms with Crippen molar-refractivity contribution in [3.05, 3.63) is 59.6 Å². The highest BCUT2D eigenvalue weighted by Gasteiger charge is 2.25. The lowest BCUT2D eigenvalue weighted by Gasteiger charge is -2.35. The van der Waals surface area contributed by atoms with Gasteiger partial charge in [0.05, 0.1) is 17.3 Å². The van der Waals surface area contributed by atoms with Crippen LogP contribution in [0.25, 0.3) is 10.9 Å². The molecule has 3 heterocycles. The van der Waals surface area contributed by atoms with Crippen LogP contribution in [0.2, 0.25) is 5.02 Å². The number of aromatic nitrogens is 1. The number of H-pyrrole nitrogens is 1. The van der Waals surface area contributed by atoms with Crippen LogP contribution in [0.3, 0.4) is 0 Å². The van der Waals surface area contributed by atoms with Gasteiger partial charge in [-0.3, -0.25) is 4.79 Å². The second-order valence-electron chi connectivity index (χ2n) is 5.81. The second kappa shape index (κ2) is 6.17. The number of amides is 1. The number of nitrogens with zero attached hydrogens (tertiary/aromatic N) is 2. The summed E-state index contributed by atoms with van der Waals surface area (Å²) in [5, 5.41) is 1.84. The highest BCUT2D eigenvalue weighted by atomic mass is 35.5. The van der Waals surface area contributed by atoms with Crippen molar-refractivity contribution < 1.29 is 14.2 Å². The summed E-state index contributed by atoms with van der Waals surface area (Å²) < 4.78 is 5.21. The SMILES string of the molecule is O=C(c1ccco1)N1CCN(c2cc[nH+]c3cc(Cl)ccc23)CC1. The summed E-state index contributed by atoms with van der Waals surface area (Å²) in [5.41, 5.74) is 2.17. The topological polar surface area (TPSA) is 50.8 Å². The number of benzene rings is 1. The zero-order chi connectivity index (χ0) is 16.5. The standard InChI is InChI=1S/C18H16ClN3O2/c19-13-3-4-14-15(12-13)20-6-5-16(14)21-7-9-22(10-8-21)18(23)17-2-1-11-24-17/h1-6,11-12H,7-10H2/p+1. The molecule has 1 aliphatic rings. The molecule has 0 aliphatic carbocycles. The van der Waals surface area contributed by atoms with Crippen LogP contribution in [0.4, 0.5) is 5.69 Å². The van der Waals surface area contributed by atoms with Gasteiger partial charge in [0.1, 0.15) is 0 Å². The van der Waals surface area contributed by atoms with Gasteiger partial charge in [0, 0.05) is 43.3 Å². The fourth-order valence-electron chi connectivity index (χ4n) is 3.14. The quantitative estimate of drug-likeness (QED) is 0.719. The number of nitrogens with one attached hydrogen (secondary N) is 1. The molecule has 1 N–H and O–H groups in total. The summed E-state index contributed by atoms with van der Waals surface area (Å²) in [5.74, 6) is 0.357. The zero-order valence-corrected chi connectivity index (χ0v) is 13.8. The fraction of sp³-hybridized carbons (Fsp3) is 0.222. The third-order valence-electron chi connectivity index (χ3n) is 4.38. The molecule has 1 saturated heterocycles. The van der Waals surface area contributed by atoms with Gasteiger partial charge in [0.2, 0.25) is 5.52 Å². The number of furan rings is 1. The normalized spacial score (nSPS) is 15.0. The Hall–Kier alpha value is -2.53. The molecule has 2 aromatic heterocycles. The number of carbonyl (C=O) groups is 1. The maximum Gasteiger partial charge on any atom is 0.289 e. The van der Waals surface area contributed by atoms with Crippen molar-refractivity contribution in [1.29, 1.82) is 0 Å². The van der Waals surface area contributed by atoms with Crippen LogP contribution in [0, 0.1) is 0 Å². The molecule has 1 aromatic carbocycles. The van der Waals surface area contributed by atoms with E-state index in [-0.39, 0.29) is 5.91 Å². The highest BCUT2D eigenvalue weighted by Crippen LogP contribution is 2.27. The lowest BCUT2D eigenvalue weighted by atomic mass is 10.1. The molecule has 1 fully saturated rings. The molecule has 0 spiro atoms. The van der Waals surface area contributed by atoms with Crippen molar-refractivity contribution in [3.8, 4) is 0 Å². The number of anilines is 1. The largest absolute Gasteiger partial charge is 0.459 e. The van der Waals surface area contributed by atoms with E-state index in [4.69, 9.17) is 16.0 Å². The number of piperazine rings is 1. The van der Waals surface area contributed by atoms with Gasteiger partial charge in [-0.2, -0.15) is 0 Å². The number of hydrogen-bond acceptors (Lipinski definition) is 3. The first-order valence-corrected chi connectivity index (χ1v) is 8.28. The molecule has 4 rings (SSSR count). The van der Waals surface area contributed by atoms with Crippen LogP contribution in [-0.2, 0) is 0 Å². The number of rotatable bonds is 2. The lowest BCUT2D eigenvalue weighted by Crippen LogP contribution is -2.48. The molecule has 0 atom stereocenters. The third-order valence-corrected chi connectivity index (χ3v) is 4.61. The first-order valence-electron chi connectivity index (χ1n) is 7.90. The van der Waals surface area contributed by atoms with E-state index >= 15 is 0 Å². The van der Waals surface area contributed by atoms with Crippen molar-refractivity contribution in [1.82, 2.24) is 4.90 Å². The van der Waals surface area contributed by atoms with Crippen molar-refractivity contribution in [2.75, 3.05) is 31.1 Å². The Morgan fingerprint density at radius 3 is 2.71 bits per heavy atom. The minimum Gasteiger partial charge on any atom is -0.459 e. The molecular weight excluding hydrogens is 326 g/mol. The summed E-state index contributed by atoms with van der Waals surface area (Å²) in [6, 6.07) is 11.4. The molecule has 1 aliphatic heterocycles. The number of hydrogen-bond donors (Lipinski definition) is 0. The molecule has 24 heavy (non-hydrogen) atoms. The molecule has 1 amide bonds. The molecule has 122 valence electrons. The van der Waals surface area contributed by atoms with Gasteiger partial charge in [-0.1, -0.05) is 11.6 Å². The Morgan fingerprint density at radius 1 is 1.12 bits per heavy atom. The molecular formula is C18H17ClN3O2+. The maximum absolute atomic E-state index is 12.3. The number of halogens is 1. The third kappa shape index (κ3) is 2.71. The van der Waals surface area contributed by atoms with E-state index in [1.165, 1.54) is 6.26 Å². The Kier molecular flexibility index (Phi) is 3.86. The zero-order valence-electron chi connectivity index (χ0n) is 13.0. The van der Waals surface area contributed by atoms with E-state index < -0.39 is 0 Å². The maximum atomic E-state index is 12.3. The Morgan fingerprint density at radius 2 is 1.96 bits per heavy atom. The average molecular weight is 343 g/mol. The van der Waals surface area contributed by atoms with Crippen LogP contribution in [0.5, 0.6) is 0 Å². The fourth-order valence-corrected chi connectivity index (χ4v) is 3.31. The van der Waals surface area contributed by atoms with Crippen LogP contribution in [-0.4, -0.2) is 37.0 Å². The van der Waals surface area contributed by atoms with Gasteiger partial charge in [-0.15, -0.1) is 0 Å². The Labute approximate surface area is 144 Å². The molecule has 6 heteroatoms. The average Bonchev–Trinajstić information content (AvgIpc) is 3.15. The summed E-state index contributed by atoms with van der Waals surface area (Å²) in [6.45, 7) is 2.92. The molecule has 0 saturated carbocycles. The van der Waals surface area contributed by atoms with Crippen LogP contribution in [0.15, 0.2) is 53.3 Å². The summed E-state index contributed by atoms with van der Waals surface area (Å²) >= 11 is 6.07. The number of fused-ring (bicyclic) bond motifs is 1. The van der Waals surface area contributed by atoms with Gasteiger partial charge in [0.25, 0.3) is 5.91 Å². The first-order chi connectivity index (χ1) is 11.7. The van der Waals surface area contributed by atoms with E-state index in [2.05, 4.69) is 16.0 Å². The lowest BCUT2D eigenvalue weighted by molar-refractivity contribution is -0.344. The number of aromatic amines is 1. The highest BCUT2D eigenvalue weighted by molar-refractivity contribution is 6.31. The minimum atomic E-state index is -0.0438. The van der Waals surface area contributed by atoms with E-state index in [9.17, 15) is 4.79 Å². The van der Waals surface area contributed by atoms with E-state index in [1.54, 1.807) is 12.1 Å². The van der Waals surface area contributed by atoms with E-state index in [1.807, 2.05) is 29.3 Å². The van der Waals surface area contributed by atoms with Gasteiger partial charge in [0.15, 0.2) is 12.0 Å².